The summed E-state index contributed by atoms with van der Waals surface area (Å²) in [6.45, 7) is 0. The molecule has 354 valence electrons. The third-order valence-corrected chi connectivity index (χ3v) is 15.5. The zero-order valence-electron chi connectivity index (χ0n) is 41.9. The fourth-order valence-corrected chi connectivity index (χ4v) is 11.8. The molecule has 0 aliphatic rings. The molecule has 0 nitrogen and oxygen atoms in total. The van der Waals surface area contributed by atoms with Crippen molar-refractivity contribution < 1.29 is 0 Å². The molecule has 14 aromatic rings. The first-order valence-corrected chi connectivity index (χ1v) is 26.3. The van der Waals surface area contributed by atoms with Gasteiger partial charge in [0.25, 0.3) is 0 Å². The Morgan fingerprint density at radius 3 is 0.526 bits per heavy atom. The van der Waals surface area contributed by atoms with Gasteiger partial charge in [-0.25, -0.2) is 0 Å². The van der Waals surface area contributed by atoms with Crippen molar-refractivity contribution in [2.45, 2.75) is 0 Å². The van der Waals surface area contributed by atoms with Gasteiger partial charge in [0.1, 0.15) is 0 Å². The van der Waals surface area contributed by atoms with Crippen LogP contribution in [0.5, 0.6) is 0 Å². The van der Waals surface area contributed by atoms with E-state index in [0.29, 0.717) is 0 Å². The third-order valence-electron chi connectivity index (χ3n) is 15.5. The summed E-state index contributed by atoms with van der Waals surface area (Å²) in [5, 5.41) is 9.84. The average Bonchev–Trinajstić information content (AvgIpc) is 3.60. The van der Waals surface area contributed by atoms with Crippen LogP contribution in [0.3, 0.4) is 0 Å². The Morgan fingerprint density at radius 1 is 0.105 bits per heavy atom. The maximum atomic E-state index is 2.46. The molecule has 0 spiro atoms. The maximum absolute atomic E-state index is 2.46. The Hall–Kier alpha value is -9.88. The zero-order valence-corrected chi connectivity index (χ0v) is 41.9. The largest absolute Gasteiger partial charge is 0.0622 e. The van der Waals surface area contributed by atoms with E-state index in [1.165, 1.54) is 143 Å². The van der Waals surface area contributed by atoms with E-state index in [9.17, 15) is 0 Å². The molecule has 0 aromatic heterocycles. The van der Waals surface area contributed by atoms with Crippen LogP contribution in [0.1, 0.15) is 0 Å². The van der Waals surface area contributed by atoms with Crippen molar-refractivity contribution in [2.24, 2.45) is 0 Å². The van der Waals surface area contributed by atoms with E-state index in [-0.39, 0.29) is 0 Å². The van der Waals surface area contributed by atoms with Gasteiger partial charge in [0.2, 0.25) is 0 Å². The van der Waals surface area contributed by atoms with Crippen molar-refractivity contribution in [1.29, 1.82) is 0 Å². The van der Waals surface area contributed by atoms with Crippen molar-refractivity contribution in [2.75, 3.05) is 0 Å². The molecule has 0 atom stereocenters. The van der Waals surface area contributed by atoms with Crippen LogP contribution >= 0.6 is 0 Å². The highest BCUT2D eigenvalue weighted by atomic mass is 14.2. The molecule has 0 bridgehead atoms. The first-order chi connectivity index (χ1) is 37.7. The van der Waals surface area contributed by atoms with Crippen LogP contribution in [0.15, 0.2) is 303 Å². The van der Waals surface area contributed by atoms with Crippen LogP contribution in [0, 0.1) is 0 Å². The smallest absolute Gasteiger partial charge is 0.00261 e. The molecule has 0 amide bonds. The van der Waals surface area contributed by atoms with Crippen molar-refractivity contribution >= 4 is 43.1 Å². The van der Waals surface area contributed by atoms with Crippen LogP contribution in [0.25, 0.3) is 143 Å². The first kappa shape index (κ1) is 44.8. The van der Waals surface area contributed by atoms with Gasteiger partial charge in [-0.15, -0.1) is 0 Å². The molecule has 0 aliphatic heterocycles. The van der Waals surface area contributed by atoms with Gasteiger partial charge < -0.3 is 0 Å². The second-order valence-corrected chi connectivity index (χ2v) is 19.9. The van der Waals surface area contributed by atoms with Crippen molar-refractivity contribution in [3.8, 4) is 100 Å². The van der Waals surface area contributed by atoms with Gasteiger partial charge in [0.05, 0.1) is 0 Å². The fraction of sp³-hybridized carbons (Fsp3) is 0. The molecular formula is C76H50. The number of hydrogen-bond acceptors (Lipinski definition) is 0. The maximum Gasteiger partial charge on any atom is -0.00261 e. The average molecular weight is 963 g/mol. The number of fused-ring (bicyclic) bond motifs is 4. The lowest BCUT2D eigenvalue weighted by atomic mass is 9.83. The summed E-state index contributed by atoms with van der Waals surface area (Å²) in [6.07, 6.45) is 0. The summed E-state index contributed by atoms with van der Waals surface area (Å²) in [6, 6.07) is 112. The van der Waals surface area contributed by atoms with E-state index in [4.69, 9.17) is 0 Å². The van der Waals surface area contributed by atoms with Crippen LogP contribution in [0.4, 0.5) is 0 Å². The molecule has 0 N–H and O–H groups in total. The van der Waals surface area contributed by atoms with Crippen LogP contribution in [-0.2, 0) is 0 Å². The Balaban J connectivity index is 0.998. The minimum absolute atomic E-state index is 1.17. The predicted octanol–water partition coefficient (Wildman–Crippen LogP) is 21.3. The van der Waals surface area contributed by atoms with Gasteiger partial charge >= 0.3 is 0 Å². The quantitative estimate of drug-likeness (QED) is 0.126. The molecule has 0 heterocycles. The molecule has 0 fully saturated rings. The van der Waals surface area contributed by atoms with E-state index >= 15 is 0 Å². The Bertz CT molecular complexity index is 4120. The summed E-state index contributed by atoms with van der Waals surface area (Å²) < 4.78 is 0. The third kappa shape index (κ3) is 8.05. The Morgan fingerprint density at radius 2 is 0.276 bits per heavy atom. The normalized spacial score (nSPS) is 11.4. The van der Waals surface area contributed by atoms with E-state index in [0.717, 1.165) is 0 Å². The van der Waals surface area contributed by atoms with Crippen LogP contribution in [0.2, 0.25) is 0 Å². The standard InChI is InChI=1S/C76H50/c1-5-17-51(18-6-1)55-29-37-59(38-30-55)73-65-25-13-15-27-67(65)75(61-41-33-57(34-42-61)53-21-9-3-10-22-53)71-49-63(45-47-69(71)73)64-46-48-70-72(50-64)76(62-43-35-58(36-44-62)54-23-11-4-12-24-54)68-28-16-14-26-66(68)74(70)60-39-31-56(32-40-60)52-19-7-2-8-20-52/h1-50H. The van der Waals surface area contributed by atoms with Gasteiger partial charge in [0.15, 0.2) is 0 Å². The van der Waals surface area contributed by atoms with Gasteiger partial charge in [-0.05, 0) is 155 Å². The highest BCUT2D eigenvalue weighted by molar-refractivity contribution is 6.24. The molecule has 14 aromatic carbocycles. The topological polar surface area (TPSA) is 0 Å². The molecule has 0 heteroatoms. The summed E-state index contributed by atoms with van der Waals surface area (Å²) in [5.41, 5.74) is 21.8. The van der Waals surface area contributed by atoms with E-state index in [2.05, 4.69) is 303 Å². The molecule has 0 saturated carbocycles. The minimum Gasteiger partial charge on any atom is -0.0622 e. The van der Waals surface area contributed by atoms with Gasteiger partial charge in [-0.3, -0.25) is 0 Å². The van der Waals surface area contributed by atoms with Crippen LogP contribution in [-0.4, -0.2) is 0 Å². The first-order valence-electron chi connectivity index (χ1n) is 26.3. The fourth-order valence-electron chi connectivity index (χ4n) is 11.8. The molecule has 0 unspecified atom stereocenters. The summed E-state index contributed by atoms with van der Waals surface area (Å²) in [7, 11) is 0. The molecular weight excluding hydrogens is 913 g/mol. The second kappa shape index (κ2) is 19.2. The van der Waals surface area contributed by atoms with Gasteiger partial charge in [-0.2, -0.15) is 0 Å². The zero-order chi connectivity index (χ0) is 50.4. The van der Waals surface area contributed by atoms with Crippen molar-refractivity contribution in [3.05, 3.63) is 303 Å². The molecule has 76 heavy (non-hydrogen) atoms. The molecule has 14 rings (SSSR count). The van der Waals surface area contributed by atoms with E-state index in [1.807, 2.05) is 0 Å². The molecule has 0 aliphatic carbocycles. The molecule has 0 saturated heterocycles. The second-order valence-electron chi connectivity index (χ2n) is 19.9. The lowest BCUT2D eigenvalue weighted by Crippen LogP contribution is -1.93. The Kier molecular flexibility index (Phi) is 11.3. The monoisotopic (exact) mass is 962 g/mol. The minimum atomic E-state index is 1.17. The summed E-state index contributed by atoms with van der Waals surface area (Å²) >= 11 is 0. The predicted molar refractivity (Wildman–Crippen MR) is 325 cm³/mol. The molecule has 0 radical (unpaired) electrons. The van der Waals surface area contributed by atoms with E-state index < -0.39 is 0 Å². The number of benzene rings is 14. The summed E-state index contributed by atoms with van der Waals surface area (Å²) in [4.78, 5) is 0. The lowest BCUT2D eigenvalue weighted by molar-refractivity contribution is 1.60. The van der Waals surface area contributed by atoms with E-state index in [1.54, 1.807) is 0 Å². The SMILES string of the molecule is c1ccc(-c2ccc(-c3c4ccccc4c(-c4ccc(-c5ccccc5)cc4)c4cc(-c5ccc6c(-c7ccc(-c8ccccc8)cc7)c7ccccc7c(-c7ccc(-c8ccccc8)cc7)c6c5)ccc34)cc2)cc1. The van der Waals surface area contributed by atoms with Gasteiger partial charge in [-0.1, -0.05) is 291 Å². The van der Waals surface area contributed by atoms with Crippen LogP contribution < -0.4 is 0 Å². The Labute approximate surface area is 444 Å². The van der Waals surface area contributed by atoms with Crippen molar-refractivity contribution in [3.63, 3.8) is 0 Å². The lowest BCUT2D eigenvalue weighted by Gasteiger charge is -2.20. The number of rotatable bonds is 9. The van der Waals surface area contributed by atoms with Crippen molar-refractivity contribution in [1.82, 2.24) is 0 Å². The highest BCUT2D eigenvalue weighted by Gasteiger charge is 2.21. The van der Waals surface area contributed by atoms with Gasteiger partial charge in [0, 0.05) is 0 Å². The summed E-state index contributed by atoms with van der Waals surface area (Å²) in [5.74, 6) is 0. The number of hydrogen-bond donors (Lipinski definition) is 0. The highest BCUT2D eigenvalue weighted by Crippen LogP contribution is 2.48.